The molecule has 0 bridgehead atoms. The second-order valence-electron chi connectivity index (χ2n) is 3.22. The van der Waals surface area contributed by atoms with Crippen LogP contribution in [0.25, 0.3) is 0 Å². The molecule has 0 amide bonds. The molecule has 1 aliphatic rings. The molecule has 0 radical (unpaired) electrons. The standard InChI is InChI=1S/C5H11NO6S2/c7-13(8,9)6(14(10,11)12)4-2-1-3-5-6/h1-5H2,(H-,7,8,9,10,11,12)/p+1. The molecule has 0 aromatic heterocycles. The Bertz CT molecular complexity index is 370. The molecule has 0 unspecified atom stereocenters. The number of hydrogen-bond donors (Lipinski definition) is 2. The van der Waals surface area contributed by atoms with Crippen molar-refractivity contribution in [3.05, 3.63) is 0 Å². The highest BCUT2D eigenvalue weighted by atomic mass is 32.3. The summed E-state index contributed by atoms with van der Waals surface area (Å²) in [5, 5.41) is 0. The molecule has 1 heterocycles. The van der Waals surface area contributed by atoms with Gasteiger partial charge in [0.05, 0.1) is 0 Å². The highest BCUT2D eigenvalue weighted by molar-refractivity contribution is 7.92. The summed E-state index contributed by atoms with van der Waals surface area (Å²) in [7, 11) is -9.69. The van der Waals surface area contributed by atoms with Crippen LogP contribution >= 0.6 is 0 Å². The van der Waals surface area contributed by atoms with Crippen molar-refractivity contribution in [2.75, 3.05) is 13.1 Å². The molecule has 9 heteroatoms. The third-order valence-corrected chi connectivity index (χ3v) is 5.88. The van der Waals surface area contributed by atoms with Gasteiger partial charge in [0.2, 0.25) is 0 Å². The summed E-state index contributed by atoms with van der Waals surface area (Å²) in [6, 6.07) is 0. The van der Waals surface area contributed by atoms with Crippen molar-refractivity contribution >= 4 is 20.6 Å². The Morgan fingerprint density at radius 3 is 1.36 bits per heavy atom. The van der Waals surface area contributed by atoms with Gasteiger partial charge in [-0.1, -0.05) is 3.29 Å². The predicted molar refractivity (Wildman–Crippen MR) is 46.9 cm³/mol. The first-order chi connectivity index (χ1) is 6.21. The van der Waals surface area contributed by atoms with E-state index < -0.39 is 23.9 Å². The van der Waals surface area contributed by atoms with E-state index in [4.69, 9.17) is 9.11 Å². The normalized spacial score (nSPS) is 23.3. The molecule has 1 rings (SSSR count). The lowest BCUT2D eigenvalue weighted by molar-refractivity contribution is -0.691. The Labute approximate surface area is 82.7 Å². The van der Waals surface area contributed by atoms with E-state index in [9.17, 15) is 16.8 Å². The summed E-state index contributed by atoms with van der Waals surface area (Å²) in [5.41, 5.74) is 0. The molecule has 0 atom stereocenters. The Morgan fingerprint density at radius 1 is 0.786 bits per heavy atom. The lowest BCUT2D eigenvalue weighted by Gasteiger charge is -2.32. The Balaban J connectivity index is 3.30. The molecule has 0 aliphatic carbocycles. The summed E-state index contributed by atoms with van der Waals surface area (Å²) in [5.74, 6) is 0. The fourth-order valence-corrected chi connectivity index (χ4v) is 3.97. The highest BCUT2D eigenvalue weighted by Crippen LogP contribution is 2.26. The number of piperidine rings is 1. The van der Waals surface area contributed by atoms with Crippen LogP contribution in [-0.4, -0.2) is 42.3 Å². The molecule has 0 aromatic rings. The van der Waals surface area contributed by atoms with Crippen molar-refractivity contribution in [1.82, 2.24) is 0 Å². The molecule has 1 fully saturated rings. The Kier molecular flexibility index (Phi) is 2.89. The van der Waals surface area contributed by atoms with Crippen molar-refractivity contribution in [2.24, 2.45) is 0 Å². The maximum absolute atomic E-state index is 10.9. The van der Waals surface area contributed by atoms with Crippen molar-refractivity contribution in [3.63, 3.8) is 0 Å². The highest BCUT2D eigenvalue weighted by Gasteiger charge is 2.53. The Hall–Kier alpha value is -0.220. The van der Waals surface area contributed by atoms with Crippen LogP contribution in [0.5, 0.6) is 0 Å². The lowest BCUT2D eigenvalue weighted by atomic mass is 10.2. The van der Waals surface area contributed by atoms with Gasteiger partial charge in [-0.3, -0.25) is 0 Å². The first-order valence-corrected chi connectivity index (χ1v) is 6.82. The van der Waals surface area contributed by atoms with Gasteiger partial charge in [-0.05, 0) is 19.3 Å². The number of rotatable bonds is 2. The summed E-state index contributed by atoms with van der Waals surface area (Å²) < 4.78 is 59.8. The van der Waals surface area contributed by atoms with Gasteiger partial charge in [0.1, 0.15) is 13.1 Å². The molecule has 0 aromatic carbocycles. The first kappa shape index (κ1) is 11.9. The van der Waals surface area contributed by atoms with Crippen LogP contribution in [-0.2, 0) is 20.6 Å². The third kappa shape index (κ3) is 1.77. The average Bonchev–Trinajstić information content (AvgIpc) is 2.02. The van der Waals surface area contributed by atoms with E-state index in [1.807, 2.05) is 0 Å². The third-order valence-electron chi connectivity index (χ3n) is 2.34. The van der Waals surface area contributed by atoms with Crippen LogP contribution in [0.3, 0.4) is 0 Å². The molecule has 0 spiro atoms. The molecular formula is C5H12NO6S2+. The molecule has 0 saturated carbocycles. The molecule has 2 N–H and O–H groups in total. The minimum Gasteiger partial charge on any atom is -0.240 e. The molecule has 1 saturated heterocycles. The molecule has 7 nitrogen and oxygen atoms in total. The van der Waals surface area contributed by atoms with E-state index >= 15 is 0 Å². The van der Waals surface area contributed by atoms with Crippen LogP contribution in [0, 0.1) is 0 Å². The van der Waals surface area contributed by atoms with Crippen LogP contribution < -0.4 is 0 Å². The Morgan fingerprint density at radius 2 is 1.14 bits per heavy atom. The van der Waals surface area contributed by atoms with Gasteiger partial charge < -0.3 is 0 Å². The maximum atomic E-state index is 10.9. The minimum atomic E-state index is -4.85. The number of hydrogen-bond acceptors (Lipinski definition) is 4. The largest absolute Gasteiger partial charge is 0.449 e. The van der Waals surface area contributed by atoms with Crippen LogP contribution in [0.4, 0.5) is 0 Å². The smallest absolute Gasteiger partial charge is 0.240 e. The lowest BCUT2D eigenvalue weighted by Crippen LogP contribution is -2.58. The van der Waals surface area contributed by atoms with Crippen LogP contribution in [0.1, 0.15) is 19.3 Å². The van der Waals surface area contributed by atoms with Crippen LogP contribution in [0.15, 0.2) is 0 Å². The minimum absolute atomic E-state index is 0.308. The zero-order valence-electron chi connectivity index (χ0n) is 7.33. The molecule has 14 heavy (non-hydrogen) atoms. The van der Waals surface area contributed by atoms with Gasteiger partial charge in [0.25, 0.3) is 0 Å². The number of quaternary nitrogens is 1. The van der Waals surface area contributed by atoms with Crippen molar-refractivity contribution in [2.45, 2.75) is 19.3 Å². The van der Waals surface area contributed by atoms with Gasteiger partial charge in [0, 0.05) is 0 Å². The van der Waals surface area contributed by atoms with E-state index in [1.54, 1.807) is 0 Å². The van der Waals surface area contributed by atoms with Gasteiger partial charge in [-0.25, -0.2) is 9.11 Å². The monoisotopic (exact) mass is 246 g/mol. The molecule has 84 valence electrons. The van der Waals surface area contributed by atoms with E-state index in [-0.39, 0.29) is 13.1 Å². The zero-order chi connectivity index (χ0) is 11.0. The maximum Gasteiger partial charge on any atom is 0.449 e. The van der Waals surface area contributed by atoms with Crippen molar-refractivity contribution < 1.29 is 29.2 Å². The topological polar surface area (TPSA) is 109 Å². The van der Waals surface area contributed by atoms with Gasteiger partial charge >= 0.3 is 20.6 Å². The van der Waals surface area contributed by atoms with Gasteiger partial charge in [0.15, 0.2) is 0 Å². The van der Waals surface area contributed by atoms with Crippen molar-refractivity contribution in [3.8, 4) is 0 Å². The fourth-order valence-electron chi connectivity index (χ4n) is 1.57. The second kappa shape index (κ2) is 3.42. The second-order valence-corrected chi connectivity index (χ2v) is 6.64. The zero-order valence-corrected chi connectivity index (χ0v) is 8.96. The summed E-state index contributed by atoms with van der Waals surface area (Å²) in [6.45, 7) is -0.616. The predicted octanol–water partition coefficient (Wildman–Crippen LogP) is -0.407. The van der Waals surface area contributed by atoms with Crippen molar-refractivity contribution in [1.29, 1.82) is 0 Å². The quantitative estimate of drug-likeness (QED) is 0.506. The van der Waals surface area contributed by atoms with Gasteiger partial charge in [-0.2, -0.15) is 0 Å². The summed E-state index contributed by atoms with van der Waals surface area (Å²) in [4.78, 5) is 0. The average molecular weight is 246 g/mol. The molecular weight excluding hydrogens is 234 g/mol. The summed E-state index contributed by atoms with van der Waals surface area (Å²) in [6.07, 6.45) is 1.35. The van der Waals surface area contributed by atoms with Gasteiger partial charge in [-0.15, -0.1) is 16.8 Å². The van der Waals surface area contributed by atoms with Crippen LogP contribution in [0.2, 0.25) is 0 Å². The summed E-state index contributed by atoms with van der Waals surface area (Å²) >= 11 is 0. The van der Waals surface area contributed by atoms with E-state index in [1.165, 1.54) is 0 Å². The fraction of sp³-hybridized carbons (Fsp3) is 1.00. The first-order valence-electron chi connectivity index (χ1n) is 4.03. The SMILES string of the molecule is O=S(=O)(O)[N+]1(S(=O)(=O)O)CCCCC1. The van der Waals surface area contributed by atoms with E-state index in [0.29, 0.717) is 19.3 Å². The molecule has 1 aliphatic heterocycles. The number of nitrogens with zero attached hydrogens (tertiary/aromatic N) is 1. The van der Waals surface area contributed by atoms with E-state index in [0.717, 1.165) is 0 Å². The van der Waals surface area contributed by atoms with E-state index in [2.05, 4.69) is 0 Å².